The maximum Gasteiger partial charge on any atom is 0.248 e. The SMILES string of the molecule is O=C(NO)C1CSC1. The monoisotopic (exact) mass is 133 g/mol. The summed E-state index contributed by atoms with van der Waals surface area (Å²) in [5.41, 5.74) is 1.61. The Balaban J connectivity index is 2.24. The van der Waals surface area contributed by atoms with Crippen LogP contribution in [0.2, 0.25) is 0 Å². The Kier molecular flexibility index (Phi) is 1.75. The Morgan fingerprint density at radius 3 is 2.50 bits per heavy atom. The van der Waals surface area contributed by atoms with Gasteiger partial charge in [0.2, 0.25) is 5.91 Å². The Labute approximate surface area is 51.4 Å². The molecule has 1 fully saturated rings. The summed E-state index contributed by atoms with van der Waals surface area (Å²) >= 11 is 1.72. The Morgan fingerprint density at radius 2 is 2.38 bits per heavy atom. The molecule has 2 N–H and O–H groups in total. The summed E-state index contributed by atoms with van der Waals surface area (Å²) in [7, 11) is 0. The van der Waals surface area contributed by atoms with Crippen LogP contribution in [0.4, 0.5) is 0 Å². The number of carbonyl (C=O) groups excluding carboxylic acids is 1. The van der Waals surface area contributed by atoms with Gasteiger partial charge in [-0.15, -0.1) is 0 Å². The highest BCUT2D eigenvalue weighted by Crippen LogP contribution is 2.23. The first kappa shape index (κ1) is 5.91. The largest absolute Gasteiger partial charge is 0.289 e. The van der Waals surface area contributed by atoms with E-state index in [-0.39, 0.29) is 11.8 Å². The van der Waals surface area contributed by atoms with Gasteiger partial charge in [-0.3, -0.25) is 10.0 Å². The second kappa shape index (κ2) is 2.37. The summed E-state index contributed by atoms with van der Waals surface area (Å²) in [6.45, 7) is 0. The third kappa shape index (κ3) is 0.952. The van der Waals surface area contributed by atoms with Gasteiger partial charge in [-0.1, -0.05) is 0 Å². The predicted octanol–water partition coefficient (Wildman–Crippen LogP) is -0.145. The molecule has 8 heavy (non-hydrogen) atoms. The van der Waals surface area contributed by atoms with Crippen molar-refractivity contribution in [2.75, 3.05) is 11.5 Å². The molecule has 0 spiro atoms. The average molecular weight is 133 g/mol. The molecule has 0 saturated carbocycles. The second-order valence-electron chi connectivity index (χ2n) is 1.71. The first-order chi connectivity index (χ1) is 3.84. The Hall–Kier alpha value is -0.220. The molecule has 0 aromatic rings. The molecule has 1 heterocycles. The average Bonchev–Trinajstić information content (AvgIpc) is 1.62. The third-order valence-electron chi connectivity index (χ3n) is 1.12. The minimum Gasteiger partial charge on any atom is -0.289 e. The quantitative estimate of drug-likeness (QED) is 0.386. The number of carbonyl (C=O) groups is 1. The molecule has 0 aromatic heterocycles. The number of hydroxylamine groups is 1. The molecule has 0 aromatic carbocycles. The van der Waals surface area contributed by atoms with Gasteiger partial charge in [0.15, 0.2) is 0 Å². The number of hydrogen-bond acceptors (Lipinski definition) is 3. The summed E-state index contributed by atoms with van der Waals surface area (Å²) in [5, 5.41) is 8.06. The van der Waals surface area contributed by atoms with Gasteiger partial charge in [-0.05, 0) is 0 Å². The lowest BCUT2D eigenvalue weighted by Gasteiger charge is -2.21. The summed E-state index contributed by atoms with van der Waals surface area (Å²) in [4.78, 5) is 10.4. The third-order valence-corrected chi connectivity index (χ3v) is 2.40. The lowest BCUT2D eigenvalue weighted by atomic mass is 10.2. The molecule has 1 rings (SSSR count). The van der Waals surface area contributed by atoms with Crippen molar-refractivity contribution >= 4 is 17.7 Å². The van der Waals surface area contributed by atoms with Crippen LogP contribution >= 0.6 is 11.8 Å². The van der Waals surface area contributed by atoms with E-state index in [1.54, 1.807) is 17.2 Å². The predicted molar refractivity (Wildman–Crippen MR) is 30.7 cm³/mol. The molecule has 1 aliphatic rings. The van der Waals surface area contributed by atoms with Gasteiger partial charge in [0.1, 0.15) is 0 Å². The first-order valence-corrected chi connectivity index (χ1v) is 3.51. The van der Waals surface area contributed by atoms with Gasteiger partial charge < -0.3 is 0 Å². The van der Waals surface area contributed by atoms with Gasteiger partial charge in [0.05, 0.1) is 5.92 Å². The minimum absolute atomic E-state index is 0.0602. The van der Waals surface area contributed by atoms with Gasteiger partial charge in [0.25, 0.3) is 0 Å². The molecule has 46 valence electrons. The van der Waals surface area contributed by atoms with E-state index < -0.39 is 0 Å². The van der Waals surface area contributed by atoms with Gasteiger partial charge >= 0.3 is 0 Å². The highest BCUT2D eigenvalue weighted by atomic mass is 32.2. The topological polar surface area (TPSA) is 49.3 Å². The summed E-state index contributed by atoms with van der Waals surface area (Å²) in [6.07, 6.45) is 0. The highest BCUT2D eigenvalue weighted by Gasteiger charge is 2.25. The summed E-state index contributed by atoms with van der Waals surface area (Å²) in [5.74, 6) is 1.52. The van der Waals surface area contributed by atoms with E-state index in [2.05, 4.69) is 0 Å². The maximum atomic E-state index is 10.4. The summed E-state index contributed by atoms with van der Waals surface area (Å²) < 4.78 is 0. The fourth-order valence-electron chi connectivity index (χ4n) is 0.478. The number of rotatable bonds is 1. The molecule has 0 bridgehead atoms. The van der Waals surface area contributed by atoms with E-state index in [0.29, 0.717) is 0 Å². The van der Waals surface area contributed by atoms with Crippen molar-refractivity contribution in [2.24, 2.45) is 5.92 Å². The molecule has 1 saturated heterocycles. The zero-order chi connectivity index (χ0) is 5.98. The molecule has 0 aliphatic carbocycles. The summed E-state index contributed by atoms with van der Waals surface area (Å²) in [6, 6.07) is 0. The highest BCUT2D eigenvalue weighted by molar-refractivity contribution is 8.00. The lowest BCUT2D eigenvalue weighted by Crippen LogP contribution is -2.35. The van der Waals surface area contributed by atoms with Crippen LogP contribution in [0.1, 0.15) is 0 Å². The van der Waals surface area contributed by atoms with E-state index >= 15 is 0 Å². The van der Waals surface area contributed by atoms with Crippen molar-refractivity contribution in [2.45, 2.75) is 0 Å². The van der Waals surface area contributed by atoms with E-state index in [0.717, 1.165) is 11.5 Å². The van der Waals surface area contributed by atoms with Crippen LogP contribution < -0.4 is 5.48 Å². The molecular weight excluding hydrogens is 126 g/mol. The van der Waals surface area contributed by atoms with Crippen LogP contribution in [0, 0.1) is 5.92 Å². The van der Waals surface area contributed by atoms with Crippen LogP contribution in [0.15, 0.2) is 0 Å². The normalized spacial score (nSPS) is 19.6. The molecule has 3 nitrogen and oxygen atoms in total. The number of thioether (sulfide) groups is 1. The van der Waals surface area contributed by atoms with Crippen LogP contribution in [0.5, 0.6) is 0 Å². The molecule has 1 amide bonds. The molecule has 0 radical (unpaired) electrons. The van der Waals surface area contributed by atoms with Crippen molar-refractivity contribution in [3.05, 3.63) is 0 Å². The van der Waals surface area contributed by atoms with E-state index in [1.807, 2.05) is 0 Å². The zero-order valence-corrected chi connectivity index (χ0v) is 5.07. The van der Waals surface area contributed by atoms with Crippen molar-refractivity contribution < 1.29 is 10.0 Å². The number of hydrogen-bond donors (Lipinski definition) is 2. The molecule has 4 heteroatoms. The molecular formula is C4H7NO2S. The Morgan fingerprint density at radius 1 is 1.75 bits per heavy atom. The molecule has 0 unspecified atom stereocenters. The molecule has 1 aliphatic heterocycles. The van der Waals surface area contributed by atoms with Crippen molar-refractivity contribution in [1.82, 2.24) is 5.48 Å². The fourth-order valence-corrected chi connectivity index (χ4v) is 1.25. The van der Waals surface area contributed by atoms with Crippen molar-refractivity contribution in [1.29, 1.82) is 0 Å². The minimum atomic E-state index is -0.247. The van der Waals surface area contributed by atoms with Crippen LogP contribution in [-0.4, -0.2) is 22.6 Å². The fraction of sp³-hybridized carbons (Fsp3) is 0.750. The lowest BCUT2D eigenvalue weighted by molar-refractivity contribution is -0.132. The maximum absolute atomic E-state index is 10.4. The number of nitrogens with one attached hydrogen (secondary N) is 1. The Bertz CT molecular complexity index is 102. The van der Waals surface area contributed by atoms with Crippen LogP contribution in [-0.2, 0) is 4.79 Å². The van der Waals surface area contributed by atoms with Crippen LogP contribution in [0.25, 0.3) is 0 Å². The van der Waals surface area contributed by atoms with Gasteiger partial charge in [-0.2, -0.15) is 11.8 Å². The molecule has 0 atom stereocenters. The van der Waals surface area contributed by atoms with E-state index in [1.165, 1.54) is 0 Å². The van der Waals surface area contributed by atoms with Crippen molar-refractivity contribution in [3.8, 4) is 0 Å². The first-order valence-electron chi connectivity index (χ1n) is 2.36. The smallest absolute Gasteiger partial charge is 0.248 e. The van der Waals surface area contributed by atoms with E-state index in [9.17, 15) is 4.79 Å². The van der Waals surface area contributed by atoms with Gasteiger partial charge in [0, 0.05) is 11.5 Å². The second-order valence-corrected chi connectivity index (χ2v) is 2.79. The van der Waals surface area contributed by atoms with E-state index in [4.69, 9.17) is 5.21 Å². The zero-order valence-electron chi connectivity index (χ0n) is 4.26. The van der Waals surface area contributed by atoms with Crippen LogP contribution in [0.3, 0.4) is 0 Å². The van der Waals surface area contributed by atoms with Gasteiger partial charge in [-0.25, -0.2) is 5.48 Å². The number of amides is 1. The standard InChI is InChI=1S/C4H7NO2S/c6-4(5-7)3-1-8-2-3/h3,7H,1-2H2,(H,5,6). The van der Waals surface area contributed by atoms with Crippen molar-refractivity contribution in [3.63, 3.8) is 0 Å².